The van der Waals surface area contributed by atoms with Gasteiger partial charge in [-0.2, -0.15) is 0 Å². The standard InChI is InChI=1S/C20H27N3O/c1-3-11-22-13-15-12-21-19-17(9-6-10-18(19)24-2)20(15)23(14-22)16-7-4-5-8-16/h6,9-10,12,16H,3-5,7-8,11,13-14H2,1-2H3. The molecule has 1 aliphatic heterocycles. The Labute approximate surface area is 144 Å². The van der Waals surface area contributed by atoms with Gasteiger partial charge in [0.05, 0.1) is 19.5 Å². The molecule has 2 aliphatic rings. The molecule has 4 rings (SSSR count). The van der Waals surface area contributed by atoms with Gasteiger partial charge in [-0.05, 0) is 31.9 Å². The largest absolute Gasteiger partial charge is 0.494 e. The van der Waals surface area contributed by atoms with Gasteiger partial charge in [0.2, 0.25) is 0 Å². The molecule has 4 nitrogen and oxygen atoms in total. The first kappa shape index (κ1) is 15.7. The van der Waals surface area contributed by atoms with Crippen LogP contribution in [-0.2, 0) is 6.54 Å². The maximum absolute atomic E-state index is 5.55. The molecule has 24 heavy (non-hydrogen) atoms. The minimum absolute atomic E-state index is 0.667. The molecule has 0 saturated heterocycles. The van der Waals surface area contributed by atoms with Gasteiger partial charge >= 0.3 is 0 Å². The Morgan fingerprint density at radius 1 is 1.25 bits per heavy atom. The van der Waals surface area contributed by atoms with Crippen LogP contribution in [-0.4, -0.2) is 36.2 Å². The number of anilines is 1. The number of methoxy groups -OCH3 is 1. The SMILES string of the molecule is CCCN1Cc2cnc3c(OC)cccc3c2N(C2CCCC2)C1. The van der Waals surface area contributed by atoms with Crippen molar-refractivity contribution in [2.24, 2.45) is 0 Å². The van der Waals surface area contributed by atoms with Gasteiger partial charge in [-0.25, -0.2) is 0 Å². The van der Waals surface area contributed by atoms with E-state index in [1.54, 1.807) is 7.11 Å². The topological polar surface area (TPSA) is 28.6 Å². The molecule has 4 heteroatoms. The third-order valence-electron chi connectivity index (χ3n) is 5.47. The van der Waals surface area contributed by atoms with Gasteiger partial charge in [-0.3, -0.25) is 9.88 Å². The van der Waals surface area contributed by atoms with E-state index in [1.165, 1.54) is 48.7 Å². The molecule has 2 heterocycles. The van der Waals surface area contributed by atoms with Crippen LogP contribution in [0, 0.1) is 0 Å². The first-order valence-corrected chi connectivity index (χ1v) is 9.25. The van der Waals surface area contributed by atoms with Gasteiger partial charge in [0.15, 0.2) is 0 Å². The summed E-state index contributed by atoms with van der Waals surface area (Å²) >= 11 is 0. The lowest BCUT2D eigenvalue weighted by Gasteiger charge is -2.42. The smallest absolute Gasteiger partial charge is 0.145 e. The molecule has 0 N–H and O–H groups in total. The number of nitrogens with zero attached hydrogens (tertiary/aromatic N) is 3. The molecule has 0 atom stereocenters. The van der Waals surface area contributed by atoms with E-state index in [0.29, 0.717) is 6.04 Å². The molecule has 0 amide bonds. The highest BCUT2D eigenvalue weighted by atomic mass is 16.5. The molecule has 2 aromatic rings. The average Bonchev–Trinajstić information content (AvgIpc) is 3.15. The third kappa shape index (κ3) is 2.63. The minimum atomic E-state index is 0.667. The highest BCUT2D eigenvalue weighted by Gasteiger charge is 2.31. The minimum Gasteiger partial charge on any atom is -0.494 e. The molecule has 1 aliphatic carbocycles. The molecule has 0 spiro atoms. The second kappa shape index (κ2) is 6.60. The summed E-state index contributed by atoms with van der Waals surface area (Å²) in [6.07, 6.45) is 8.61. The van der Waals surface area contributed by atoms with Crippen molar-refractivity contribution < 1.29 is 4.74 Å². The van der Waals surface area contributed by atoms with Crippen molar-refractivity contribution in [3.05, 3.63) is 30.0 Å². The van der Waals surface area contributed by atoms with Crippen molar-refractivity contribution in [1.82, 2.24) is 9.88 Å². The van der Waals surface area contributed by atoms with E-state index in [4.69, 9.17) is 9.72 Å². The highest BCUT2D eigenvalue weighted by Crippen LogP contribution is 2.40. The van der Waals surface area contributed by atoms with Gasteiger partial charge < -0.3 is 9.64 Å². The van der Waals surface area contributed by atoms with Crippen LogP contribution in [0.2, 0.25) is 0 Å². The maximum Gasteiger partial charge on any atom is 0.145 e. The lowest BCUT2D eigenvalue weighted by atomic mass is 10.0. The number of hydrogen-bond donors (Lipinski definition) is 0. The molecule has 0 bridgehead atoms. The zero-order valence-electron chi connectivity index (χ0n) is 14.8. The summed E-state index contributed by atoms with van der Waals surface area (Å²) in [7, 11) is 1.73. The fraction of sp³-hybridized carbons (Fsp3) is 0.550. The zero-order chi connectivity index (χ0) is 16.5. The Morgan fingerprint density at radius 2 is 2.08 bits per heavy atom. The Morgan fingerprint density at radius 3 is 2.83 bits per heavy atom. The number of ether oxygens (including phenoxy) is 1. The van der Waals surface area contributed by atoms with Crippen LogP contribution in [0.4, 0.5) is 5.69 Å². The molecule has 1 aromatic carbocycles. The second-order valence-electron chi connectivity index (χ2n) is 7.09. The monoisotopic (exact) mass is 325 g/mol. The first-order valence-electron chi connectivity index (χ1n) is 9.25. The van der Waals surface area contributed by atoms with E-state index < -0.39 is 0 Å². The molecule has 0 unspecified atom stereocenters. The lowest BCUT2D eigenvalue weighted by Crippen LogP contribution is -2.47. The number of aromatic nitrogens is 1. The summed E-state index contributed by atoms with van der Waals surface area (Å²) in [6.45, 7) is 5.46. The van der Waals surface area contributed by atoms with Crippen LogP contribution in [0.1, 0.15) is 44.6 Å². The van der Waals surface area contributed by atoms with Gasteiger partial charge in [-0.1, -0.05) is 31.9 Å². The van der Waals surface area contributed by atoms with E-state index in [-0.39, 0.29) is 0 Å². The van der Waals surface area contributed by atoms with Crippen LogP contribution in [0.25, 0.3) is 10.9 Å². The summed E-state index contributed by atoms with van der Waals surface area (Å²) in [5.74, 6) is 0.873. The van der Waals surface area contributed by atoms with E-state index >= 15 is 0 Å². The summed E-state index contributed by atoms with van der Waals surface area (Å²) in [5, 5.41) is 1.25. The van der Waals surface area contributed by atoms with Crippen molar-refractivity contribution in [1.29, 1.82) is 0 Å². The number of rotatable bonds is 4. The molecule has 1 aromatic heterocycles. The van der Waals surface area contributed by atoms with Crippen LogP contribution in [0.5, 0.6) is 5.75 Å². The molecular weight excluding hydrogens is 298 g/mol. The van der Waals surface area contributed by atoms with Crippen molar-refractivity contribution in [3.8, 4) is 5.75 Å². The first-order chi connectivity index (χ1) is 11.8. The zero-order valence-corrected chi connectivity index (χ0v) is 14.8. The van der Waals surface area contributed by atoms with Gasteiger partial charge in [0.25, 0.3) is 0 Å². The average molecular weight is 325 g/mol. The lowest BCUT2D eigenvalue weighted by molar-refractivity contribution is 0.243. The van der Waals surface area contributed by atoms with Gasteiger partial charge in [0.1, 0.15) is 11.3 Å². The summed E-state index contributed by atoms with van der Waals surface area (Å²) in [6, 6.07) is 6.98. The number of pyridine rings is 1. The van der Waals surface area contributed by atoms with Crippen molar-refractivity contribution in [3.63, 3.8) is 0 Å². The number of hydrogen-bond acceptors (Lipinski definition) is 4. The number of para-hydroxylation sites is 1. The molecular formula is C20H27N3O. The fourth-order valence-corrected chi connectivity index (χ4v) is 4.40. The van der Waals surface area contributed by atoms with Gasteiger partial charge in [-0.15, -0.1) is 0 Å². The van der Waals surface area contributed by atoms with Gasteiger partial charge in [0, 0.05) is 29.7 Å². The third-order valence-corrected chi connectivity index (χ3v) is 5.47. The Kier molecular flexibility index (Phi) is 4.31. The van der Waals surface area contributed by atoms with Crippen molar-refractivity contribution in [2.75, 3.05) is 25.2 Å². The Bertz CT molecular complexity index is 724. The Hall–Kier alpha value is -1.81. The normalized spacial score (nSPS) is 19.0. The predicted octanol–water partition coefficient (Wildman–Crippen LogP) is 4.18. The predicted molar refractivity (Wildman–Crippen MR) is 98.6 cm³/mol. The van der Waals surface area contributed by atoms with Crippen LogP contribution < -0.4 is 9.64 Å². The summed E-state index contributed by atoms with van der Waals surface area (Å²) in [5.41, 5.74) is 3.76. The highest BCUT2D eigenvalue weighted by molar-refractivity contribution is 5.97. The van der Waals surface area contributed by atoms with Crippen LogP contribution in [0.15, 0.2) is 24.4 Å². The van der Waals surface area contributed by atoms with Crippen LogP contribution >= 0.6 is 0 Å². The Balaban J connectivity index is 1.85. The number of benzene rings is 1. The molecule has 0 radical (unpaired) electrons. The molecule has 128 valence electrons. The van der Waals surface area contributed by atoms with E-state index in [2.05, 4.69) is 35.1 Å². The fourth-order valence-electron chi connectivity index (χ4n) is 4.40. The molecule has 1 fully saturated rings. The van der Waals surface area contributed by atoms with E-state index in [0.717, 1.165) is 31.0 Å². The number of fused-ring (bicyclic) bond motifs is 3. The summed E-state index contributed by atoms with van der Waals surface area (Å²) < 4.78 is 5.55. The molecule has 1 saturated carbocycles. The summed E-state index contributed by atoms with van der Waals surface area (Å²) in [4.78, 5) is 9.96. The van der Waals surface area contributed by atoms with E-state index in [1.807, 2.05) is 6.07 Å². The maximum atomic E-state index is 5.55. The van der Waals surface area contributed by atoms with E-state index in [9.17, 15) is 0 Å². The quantitative estimate of drug-likeness (QED) is 0.843. The van der Waals surface area contributed by atoms with Crippen molar-refractivity contribution in [2.45, 2.75) is 51.6 Å². The van der Waals surface area contributed by atoms with Crippen molar-refractivity contribution >= 4 is 16.6 Å². The van der Waals surface area contributed by atoms with Crippen LogP contribution in [0.3, 0.4) is 0 Å². The second-order valence-corrected chi connectivity index (χ2v) is 7.09.